The van der Waals surface area contributed by atoms with Crippen LogP contribution in [0.1, 0.15) is 0 Å². The average molecular weight is 703 g/mol. The molecular formula is C50H40P2. The molecule has 0 fully saturated rings. The van der Waals surface area contributed by atoms with E-state index < -0.39 is 13.8 Å². The molecule has 0 aromatic heterocycles. The van der Waals surface area contributed by atoms with E-state index >= 15 is 0 Å². The van der Waals surface area contributed by atoms with Crippen molar-refractivity contribution in [3.8, 4) is 33.4 Å². The summed E-state index contributed by atoms with van der Waals surface area (Å²) in [5, 5.41) is 7.48. The number of hydrogen-bond acceptors (Lipinski definition) is 0. The molecule has 0 spiro atoms. The van der Waals surface area contributed by atoms with E-state index in [4.69, 9.17) is 12.6 Å². The molecule has 0 radical (unpaired) electrons. The normalized spacial score (nSPS) is 11.6. The topological polar surface area (TPSA) is 0 Å². The first-order valence-corrected chi connectivity index (χ1v) is 21.6. The Kier molecular flexibility index (Phi) is 9.37. The summed E-state index contributed by atoms with van der Waals surface area (Å²) in [4.78, 5) is 0. The Balaban J connectivity index is 1.47. The predicted octanol–water partition coefficient (Wildman–Crippen LogP) is 10.1. The van der Waals surface area contributed by atoms with Crippen molar-refractivity contribution in [3.05, 3.63) is 218 Å². The van der Waals surface area contributed by atoms with Crippen molar-refractivity contribution in [1.82, 2.24) is 0 Å². The lowest BCUT2D eigenvalue weighted by Gasteiger charge is -2.31. The molecule has 8 aromatic carbocycles. The lowest BCUT2D eigenvalue weighted by atomic mass is 9.93. The van der Waals surface area contributed by atoms with Gasteiger partial charge in [0.25, 0.3) is 0 Å². The molecule has 52 heavy (non-hydrogen) atoms. The van der Waals surface area contributed by atoms with Crippen LogP contribution in [0.3, 0.4) is 0 Å². The first-order valence-electron chi connectivity index (χ1n) is 17.7. The molecule has 0 aliphatic carbocycles. The van der Waals surface area contributed by atoms with E-state index in [0.717, 1.165) is 0 Å². The Morgan fingerprint density at radius 3 is 0.731 bits per heavy atom. The third-order valence-corrected chi connectivity index (χ3v) is 17.1. The second-order valence-corrected chi connectivity index (χ2v) is 19.6. The molecule has 0 atom stereocenters. The lowest BCUT2D eigenvalue weighted by molar-refractivity contribution is 1.57. The molecule has 0 aliphatic rings. The third kappa shape index (κ3) is 6.38. The summed E-state index contributed by atoms with van der Waals surface area (Å²) in [6, 6.07) is 79.3. The molecule has 0 saturated carbocycles. The Bertz CT molecular complexity index is 2270. The van der Waals surface area contributed by atoms with E-state index in [1.807, 2.05) is 0 Å². The van der Waals surface area contributed by atoms with Gasteiger partial charge < -0.3 is 0 Å². The molecule has 0 N–H and O–H groups in total. The number of hydrogen-bond donors (Lipinski definition) is 0. The van der Waals surface area contributed by atoms with Crippen molar-refractivity contribution in [1.29, 1.82) is 0 Å². The lowest BCUT2D eigenvalue weighted by Crippen LogP contribution is -2.31. The summed E-state index contributed by atoms with van der Waals surface area (Å²) >= 11 is 0. The summed E-state index contributed by atoms with van der Waals surface area (Å²) < 4.78 is 0. The van der Waals surface area contributed by atoms with Gasteiger partial charge in [-0.25, -0.2) is 0 Å². The van der Waals surface area contributed by atoms with Gasteiger partial charge in [0.05, 0.1) is 0 Å². The van der Waals surface area contributed by atoms with Crippen LogP contribution in [0.25, 0.3) is 33.4 Å². The number of benzene rings is 8. The molecule has 0 amide bonds. The molecule has 8 rings (SSSR count). The van der Waals surface area contributed by atoms with Gasteiger partial charge in [-0.2, -0.15) is 0 Å². The van der Waals surface area contributed by atoms with Gasteiger partial charge in [-0.3, -0.25) is 0 Å². The van der Waals surface area contributed by atoms with Gasteiger partial charge in [0.2, 0.25) is 0 Å². The molecule has 0 nitrogen and oxygen atoms in total. The molecule has 250 valence electrons. The summed E-state index contributed by atoms with van der Waals surface area (Å²) in [5.74, 6) is 0. The van der Waals surface area contributed by atoms with Crippen molar-refractivity contribution in [2.24, 2.45) is 0 Å². The minimum Gasteiger partial charge on any atom is -0.0887 e. The number of rotatable bonds is 9. The minimum absolute atomic E-state index is 1.17. The molecule has 2 heteroatoms. The first kappa shape index (κ1) is 33.5. The van der Waals surface area contributed by atoms with Gasteiger partial charge in [0.1, 0.15) is 0 Å². The highest BCUT2D eigenvalue weighted by atomic mass is 31.2. The first-order chi connectivity index (χ1) is 25.5. The summed E-state index contributed by atoms with van der Waals surface area (Å²) in [7, 11) is 0. The quantitative estimate of drug-likeness (QED) is 0.131. The van der Waals surface area contributed by atoms with Crippen molar-refractivity contribution in [2.75, 3.05) is 0 Å². The van der Waals surface area contributed by atoms with Crippen LogP contribution in [-0.2, 0) is 0 Å². The van der Waals surface area contributed by atoms with Crippen LogP contribution in [-0.4, -0.2) is 12.6 Å². The summed E-state index contributed by atoms with van der Waals surface area (Å²) in [6.07, 6.45) is 10.4. The van der Waals surface area contributed by atoms with Crippen LogP contribution in [0.15, 0.2) is 218 Å². The van der Waals surface area contributed by atoms with E-state index in [1.54, 1.807) is 0 Å². The largest absolute Gasteiger partial charge is 0.0887 e. The molecule has 0 aliphatic heterocycles. The van der Waals surface area contributed by atoms with Crippen LogP contribution < -0.4 is 31.8 Å². The third-order valence-electron chi connectivity index (χ3n) is 10.1. The summed E-state index contributed by atoms with van der Waals surface area (Å²) in [6.45, 7) is -4.71. The Morgan fingerprint density at radius 1 is 0.212 bits per heavy atom. The molecule has 0 unspecified atom stereocenters. The van der Waals surface area contributed by atoms with Crippen LogP contribution in [0.5, 0.6) is 0 Å². The Hall–Kier alpha value is -5.64. The fourth-order valence-electron chi connectivity index (χ4n) is 7.22. The van der Waals surface area contributed by atoms with Crippen molar-refractivity contribution < 1.29 is 0 Å². The van der Waals surface area contributed by atoms with Gasteiger partial charge in [-0.15, -0.1) is 0 Å². The Labute approximate surface area is 308 Å². The van der Waals surface area contributed by atoms with Gasteiger partial charge >= 0.3 is 0 Å². The second kappa shape index (κ2) is 14.5. The fraction of sp³-hybridized carbons (Fsp3) is 0. The SMILES string of the molecule is C=P(c1ccccc1)(c1ccccc1)c1cc(-c2cc(-c3ccccc3)cc(-c3ccccc3)c2)cc(P(=C)(c2ccccc2)c2ccccc2)c1. The Morgan fingerprint density at radius 2 is 0.442 bits per heavy atom. The zero-order chi connectivity index (χ0) is 35.4. The smallest absolute Gasteiger partial charge is 0.0153 e. The van der Waals surface area contributed by atoms with Crippen LogP contribution >= 0.6 is 13.8 Å². The molecule has 0 saturated heterocycles. The summed E-state index contributed by atoms with van der Waals surface area (Å²) in [5.41, 5.74) is 7.10. The highest BCUT2D eigenvalue weighted by molar-refractivity contribution is 7.94. The van der Waals surface area contributed by atoms with Crippen molar-refractivity contribution in [2.45, 2.75) is 0 Å². The van der Waals surface area contributed by atoms with Crippen molar-refractivity contribution >= 4 is 58.2 Å². The van der Waals surface area contributed by atoms with E-state index in [-0.39, 0.29) is 0 Å². The van der Waals surface area contributed by atoms with Crippen LogP contribution in [0.2, 0.25) is 0 Å². The van der Waals surface area contributed by atoms with Gasteiger partial charge in [-0.05, 0) is 115 Å². The van der Waals surface area contributed by atoms with E-state index in [0.29, 0.717) is 0 Å². The van der Waals surface area contributed by atoms with Crippen LogP contribution in [0.4, 0.5) is 0 Å². The molecular weight excluding hydrogens is 662 g/mol. The standard InChI is InChI=1S/C50H40P2/c1-51(45-25-13-5-14-26-45,46-27-15-6-16-28-46)49-36-44(37-50(38-49)52(2,47-29-17-7-18-30-47)48-31-19-8-20-32-48)43-34-41(39-21-9-3-10-22-39)33-42(35-43)40-23-11-4-12-24-40/h3-38H,1-2H2. The zero-order valence-corrected chi connectivity index (χ0v) is 30.9. The zero-order valence-electron chi connectivity index (χ0n) is 29.1. The van der Waals surface area contributed by atoms with Crippen LogP contribution in [0, 0.1) is 0 Å². The van der Waals surface area contributed by atoms with Crippen molar-refractivity contribution in [3.63, 3.8) is 0 Å². The maximum absolute atomic E-state index is 5.22. The highest BCUT2D eigenvalue weighted by Gasteiger charge is 2.28. The molecule has 8 aromatic rings. The second-order valence-electron chi connectivity index (χ2n) is 13.2. The van der Waals surface area contributed by atoms with Gasteiger partial charge in [0.15, 0.2) is 0 Å². The van der Waals surface area contributed by atoms with Gasteiger partial charge in [0, 0.05) is 0 Å². The monoisotopic (exact) mass is 702 g/mol. The fourth-order valence-corrected chi connectivity index (χ4v) is 13.3. The maximum atomic E-state index is 5.22. The maximum Gasteiger partial charge on any atom is -0.0153 e. The molecule has 0 heterocycles. The van der Waals surface area contributed by atoms with Gasteiger partial charge in [-0.1, -0.05) is 195 Å². The minimum atomic E-state index is -2.35. The van der Waals surface area contributed by atoms with E-state index in [9.17, 15) is 0 Å². The molecule has 0 bridgehead atoms. The average Bonchev–Trinajstić information content (AvgIpc) is 3.24. The van der Waals surface area contributed by atoms with E-state index in [2.05, 4.69) is 218 Å². The van der Waals surface area contributed by atoms with E-state index in [1.165, 1.54) is 65.2 Å². The highest BCUT2D eigenvalue weighted by Crippen LogP contribution is 2.47. The predicted molar refractivity (Wildman–Crippen MR) is 234 cm³/mol.